The highest BCUT2D eigenvalue weighted by Crippen LogP contribution is 1.94. The van der Waals surface area contributed by atoms with Crippen LogP contribution in [0, 0.1) is 0 Å². The van der Waals surface area contributed by atoms with Gasteiger partial charge in [-0.25, -0.2) is 9.59 Å². The van der Waals surface area contributed by atoms with E-state index in [0.29, 0.717) is 19.7 Å². The van der Waals surface area contributed by atoms with Gasteiger partial charge < -0.3 is 24.8 Å². The molecule has 0 aromatic carbocycles. The van der Waals surface area contributed by atoms with Crippen molar-refractivity contribution < 1.29 is 24.2 Å². The second-order valence-corrected chi connectivity index (χ2v) is 3.52. The minimum absolute atomic E-state index is 0.0900. The fraction of sp³-hybridized carbons (Fsp3) is 0.636. The number of urea groups is 1. The molecule has 0 fully saturated rings. The van der Waals surface area contributed by atoms with Crippen molar-refractivity contribution in [1.82, 2.24) is 10.2 Å². The molecule has 0 aromatic rings. The Morgan fingerprint density at radius 1 is 1.44 bits per heavy atom. The van der Waals surface area contributed by atoms with Crippen molar-refractivity contribution in [2.75, 3.05) is 40.5 Å². The summed E-state index contributed by atoms with van der Waals surface area (Å²) in [6.07, 6.45) is 1.56. The van der Waals surface area contributed by atoms with Gasteiger partial charge in [-0.15, -0.1) is 6.58 Å². The molecule has 0 bridgehead atoms. The molecular formula is C11H20N2O5. The van der Waals surface area contributed by atoms with Gasteiger partial charge >= 0.3 is 12.0 Å². The number of carboxylic acid groups (broad SMARTS) is 1. The Bertz CT molecular complexity index is 283. The van der Waals surface area contributed by atoms with Crippen LogP contribution in [-0.4, -0.2) is 68.6 Å². The van der Waals surface area contributed by atoms with Crippen molar-refractivity contribution in [3.63, 3.8) is 0 Å². The predicted octanol–water partition coefficient (Wildman–Crippen LogP) is -0.0700. The zero-order valence-corrected chi connectivity index (χ0v) is 10.7. The number of aliphatic carboxylic acids is 1. The lowest BCUT2D eigenvalue weighted by Gasteiger charge is -2.23. The number of hydrogen-bond acceptors (Lipinski definition) is 4. The monoisotopic (exact) mass is 260 g/mol. The molecule has 2 N–H and O–H groups in total. The zero-order chi connectivity index (χ0) is 14.0. The Morgan fingerprint density at radius 2 is 2.11 bits per heavy atom. The predicted molar refractivity (Wildman–Crippen MR) is 65.5 cm³/mol. The van der Waals surface area contributed by atoms with Gasteiger partial charge in [-0.2, -0.15) is 0 Å². The number of amides is 2. The van der Waals surface area contributed by atoms with E-state index in [4.69, 9.17) is 14.6 Å². The van der Waals surface area contributed by atoms with Crippen LogP contribution in [0.25, 0.3) is 0 Å². The van der Waals surface area contributed by atoms with E-state index in [1.54, 1.807) is 6.08 Å². The Hall–Kier alpha value is -1.60. The Kier molecular flexibility index (Phi) is 8.59. The van der Waals surface area contributed by atoms with E-state index in [1.165, 1.54) is 19.1 Å². The first-order valence-corrected chi connectivity index (χ1v) is 5.43. The first-order valence-electron chi connectivity index (χ1n) is 5.43. The number of carbonyl (C=O) groups is 2. The number of carbonyl (C=O) groups excluding carboxylic acids is 1. The molecular weight excluding hydrogens is 240 g/mol. The van der Waals surface area contributed by atoms with Crippen molar-refractivity contribution in [2.45, 2.75) is 6.04 Å². The maximum Gasteiger partial charge on any atom is 0.328 e. The molecule has 0 heterocycles. The van der Waals surface area contributed by atoms with Crippen LogP contribution in [0.2, 0.25) is 0 Å². The molecule has 104 valence electrons. The second kappa shape index (κ2) is 9.43. The number of rotatable bonds is 9. The zero-order valence-electron chi connectivity index (χ0n) is 10.7. The molecule has 0 radical (unpaired) electrons. The standard InChI is InChI=1S/C11H20N2O5/c1-4-5-13(6-7-17-2)11(16)12-9(8-18-3)10(14)15/h4,9H,1,5-8H2,2-3H3,(H,12,16)(H,14,15). The van der Waals surface area contributed by atoms with E-state index in [9.17, 15) is 9.59 Å². The van der Waals surface area contributed by atoms with Crippen molar-refractivity contribution in [1.29, 1.82) is 0 Å². The SMILES string of the molecule is C=CCN(CCOC)C(=O)NC(COC)C(=O)O. The topological polar surface area (TPSA) is 88.1 Å². The Morgan fingerprint density at radius 3 is 2.56 bits per heavy atom. The van der Waals surface area contributed by atoms with Crippen molar-refractivity contribution in [2.24, 2.45) is 0 Å². The van der Waals surface area contributed by atoms with Crippen LogP contribution in [0.5, 0.6) is 0 Å². The van der Waals surface area contributed by atoms with Gasteiger partial charge in [0.1, 0.15) is 0 Å². The van der Waals surface area contributed by atoms with Crippen LogP contribution < -0.4 is 5.32 Å². The molecule has 1 unspecified atom stereocenters. The molecule has 0 saturated heterocycles. The van der Waals surface area contributed by atoms with Gasteiger partial charge in [0, 0.05) is 27.3 Å². The molecule has 7 nitrogen and oxygen atoms in total. The van der Waals surface area contributed by atoms with Crippen LogP contribution in [0.1, 0.15) is 0 Å². The van der Waals surface area contributed by atoms with Crippen molar-refractivity contribution in [3.8, 4) is 0 Å². The number of nitrogens with one attached hydrogen (secondary N) is 1. The smallest absolute Gasteiger partial charge is 0.328 e. The Labute approximate surface area is 106 Å². The van der Waals surface area contributed by atoms with Gasteiger partial charge in [0.2, 0.25) is 0 Å². The summed E-state index contributed by atoms with van der Waals surface area (Å²) in [7, 11) is 2.89. The lowest BCUT2D eigenvalue weighted by atomic mass is 10.3. The fourth-order valence-electron chi connectivity index (χ4n) is 1.21. The van der Waals surface area contributed by atoms with Crippen LogP contribution in [-0.2, 0) is 14.3 Å². The van der Waals surface area contributed by atoms with E-state index in [-0.39, 0.29) is 6.61 Å². The maximum atomic E-state index is 11.8. The minimum Gasteiger partial charge on any atom is -0.480 e. The third-order valence-electron chi connectivity index (χ3n) is 2.13. The molecule has 0 aliphatic rings. The van der Waals surface area contributed by atoms with Crippen molar-refractivity contribution >= 4 is 12.0 Å². The lowest BCUT2D eigenvalue weighted by molar-refractivity contribution is -0.140. The number of carboxylic acids is 1. The van der Waals surface area contributed by atoms with Crippen LogP contribution in [0.15, 0.2) is 12.7 Å². The van der Waals surface area contributed by atoms with E-state index in [1.807, 2.05) is 0 Å². The molecule has 7 heteroatoms. The molecule has 18 heavy (non-hydrogen) atoms. The van der Waals surface area contributed by atoms with Crippen LogP contribution in [0.4, 0.5) is 4.79 Å². The number of nitrogens with zero attached hydrogens (tertiary/aromatic N) is 1. The quantitative estimate of drug-likeness (QED) is 0.567. The summed E-state index contributed by atoms with van der Waals surface area (Å²) in [5, 5.41) is 11.3. The lowest BCUT2D eigenvalue weighted by Crippen LogP contribution is -2.50. The molecule has 1 atom stereocenters. The van der Waals surface area contributed by atoms with E-state index in [2.05, 4.69) is 11.9 Å². The van der Waals surface area contributed by atoms with Gasteiger partial charge in [0.15, 0.2) is 6.04 Å². The molecule has 0 spiro atoms. The molecule has 0 aliphatic heterocycles. The normalized spacial score (nSPS) is 11.7. The van der Waals surface area contributed by atoms with Gasteiger partial charge in [-0.1, -0.05) is 6.08 Å². The highest BCUT2D eigenvalue weighted by molar-refractivity contribution is 5.82. The van der Waals surface area contributed by atoms with Gasteiger partial charge in [-0.05, 0) is 0 Å². The molecule has 0 aromatic heterocycles. The minimum atomic E-state index is -1.14. The number of hydrogen-bond donors (Lipinski definition) is 2. The summed E-state index contributed by atoms with van der Waals surface area (Å²) >= 11 is 0. The molecule has 0 saturated carbocycles. The molecule has 0 rings (SSSR count). The summed E-state index contributed by atoms with van der Waals surface area (Å²) in [5.41, 5.74) is 0. The van der Waals surface area contributed by atoms with E-state index < -0.39 is 18.0 Å². The first kappa shape index (κ1) is 16.4. The summed E-state index contributed by atoms with van der Waals surface area (Å²) in [6, 6.07) is -1.56. The average Bonchev–Trinajstić information content (AvgIpc) is 2.33. The Balaban J connectivity index is 4.44. The summed E-state index contributed by atoms with van der Waals surface area (Å²) in [6.45, 7) is 4.48. The van der Waals surface area contributed by atoms with Crippen LogP contribution in [0.3, 0.4) is 0 Å². The van der Waals surface area contributed by atoms with Crippen molar-refractivity contribution in [3.05, 3.63) is 12.7 Å². The summed E-state index contributed by atoms with van der Waals surface area (Å²) in [5.74, 6) is -1.14. The van der Waals surface area contributed by atoms with E-state index in [0.717, 1.165) is 0 Å². The average molecular weight is 260 g/mol. The van der Waals surface area contributed by atoms with E-state index >= 15 is 0 Å². The molecule has 2 amide bonds. The van der Waals surface area contributed by atoms with Gasteiger partial charge in [0.25, 0.3) is 0 Å². The third-order valence-corrected chi connectivity index (χ3v) is 2.13. The number of ether oxygens (including phenoxy) is 2. The third kappa shape index (κ3) is 6.21. The van der Waals surface area contributed by atoms with Gasteiger partial charge in [0.05, 0.1) is 13.2 Å². The maximum absolute atomic E-state index is 11.8. The molecule has 0 aliphatic carbocycles. The van der Waals surface area contributed by atoms with Gasteiger partial charge in [-0.3, -0.25) is 0 Å². The number of methoxy groups -OCH3 is 2. The highest BCUT2D eigenvalue weighted by Gasteiger charge is 2.22. The second-order valence-electron chi connectivity index (χ2n) is 3.52. The fourth-order valence-corrected chi connectivity index (χ4v) is 1.21. The summed E-state index contributed by atoms with van der Waals surface area (Å²) < 4.78 is 9.60. The largest absolute Gasteiger partial charge is 0.480 e. The van der Waals surface area contributed by atoms with Crippen LogP contribution >= 0.6 is 0 Å². The highest BCUT2D eigenvalue weighted by atomic mass is 16.5. The first-order chi connectivity index (χ1) is 8.56. The summed E-state index contributed by atoms with van der Waals surface area (Å²) in [4.78, 5) is 24.1.